The zero-order chi connectivity index (χ0) is 15.6. The summed E-state index contributed by atoms with van der Waals surface area (Å²) in [6.07, 6.45) is 4.60. The fourth-order valence-corrected chi connectivity index (χ4v) is 2.97. The van der Waals surface area contributed by atoms with Crippen LogP contribution in [-0.4, -0.2) is 16.0 Å². The van der Waals surface area contributed by atoms with Crippen molar-refractivity contribution in [1.82, 2.24) is 15.5 Å². The number of aromatic nitrogens is 2. The highest BCUT2D eigenvalue weighted by atomic mass is 19.1. The number of halogens is 1. The van der Waals surface area contributed by atoms with E-state index in [-0.39, 0.29) is 5.91 Å². The molecule has 0 atom stereocenters. The van der Waals surface area contributed by atoms with Crippen LogP contribution >= 0.6 is 0 Å². The molecule has 1 aromatic heterocycles. The molecule has 0 saturated heterocycles. The van der Waals surface area contributed by atoms with Crippen LogP contribution in [-0.2, 0) is 5.54 Å². The van der Waals surface area contributed by atoms with Crippen LogP contribution in [0.1, 0.15) is 54.2 Å². The van der Waals surface area contributed by atoms with Crippen LogP contribution in [0.4, 0.5) is 4.39 Å². The smallest absolute Gasteiger partial charge is 0.252 e. The molecule has 6 heteroatoms. The molecule has 3 rings (SSSR count). The molecule has 1 heterocycles. The van der Waals surface area contributed by atoms with Crippen molar-refractivity contribution in [3.63, 3.8) is 0 Å². The first kappa shape index (κ1) is 14.7. The van der Waals surface area contributed by atoms with Crippen LogP contribution in [0.15, 0.2) is 28.8 Å². The molecule has 1 aliphatic carbocycles. The number of hydrogen-bond acceptors (Lipinski definition) is 4. The highest BCUT2D eigenvalue weighted by Crippen LogP contribution is 2.35. The first-order chi connectivity index (χ1) is 10.6. The average Bonchev–Trinajstić information content (AvgIpc) is 2.95. The molecule has 1 amide bonds. The second kappa shape index (κ2) is 5.87. The monoisotopic (exact) mass is 303 g/mol. The Morgan fingerprint density at radius 3 is 2.73 bits per heavy atom. The van der Waals surface area contributed by atoms with Crippen molar-refractivity contribution in [1.29, 1.82) is 0 Å². The molecular formula is C16H18FN3O2. The number of carbonyl (C=O) groups is 1. The Morgan fingerprint density at radius 2 is 2.09 bits per heavy atom. The van der Waals surface area contributed by atoms with Gasteiger partial charge in [-0.1, -0.05) is 30.5 Å². The fourth-order valence-electron chi connectivity index (χ4n) is 2.97. The summed E-state index contributed by atoms with van der Waals surface area (Å²) in [6.45, 7) is 1.72. The Morgan fingerprint density at radius 1 is 1.32 bits per heavy atom. The van der Waals surface area contributed by atoms with Crippen LogP contribution in [0, 0.1) is 12.7 Å². The molecule has 5 nitrogen and oxygen atoms in total. The standard InChI is InChI=1S/C16H18FN3O2/c1-11-18-15(20-22-11)16(8-3-2-4-9-16)19-14(21)12-6-5-7-13(17)10-12/h5-7,10H,2-4,8-9H2,1H3,(H,19,21). The number of carbonyl (C=O) groups excluding carboxylic acids is 1. The lowest BCUT2D eigenvalue weighted by Crippen LogP contribution is -2.48. The molecule has 0 aliphatic heterocycles. The summed E-state index contributed by atoms with van der Waals surface area (Å²) >= 11 is 0. The predicted molar refractivity (Wildman–Crippen MR) is 77.7 cm³/mol. The van der Waals surface area contributed by atoms with E-state index in [1.54, 1.807) is 13.0 Å². The molecule has 1 fully saturated rings. The van der Waals surface area contributed by atoms with Gasteiger partial charge in [-0.3, -0.25) is 4.79 Å². The molecule has 2 aromatic rings. The van der Waals surface area contributed by atoms with E-state index in [4.69, 9.17) is 4.52 Å². The molecule has 22 heavy (non-hydrogen) atoms. The topological polar surface area (TPSA) is 68.0 Å². The summed E-state index contributed by atoms with van der Waals surface area (Å²) < 4.78 is 18.4. The van der Waals surface area contributed by atoms with Crippen molar-refractivity contribution in [3.05, 3.63) is 47.4 Å². The Hall–Kier alpha value is -2.24. The quantitative estimate of drug-likeness (QED) is 0.946. The summed E-state index contributed by atoms with van der Waals surface area (Å²) in [5.74, 6) is 0.235. The van der Waals surface area contributed by atoms with E-state index in [1.165, 1.54) is 18.2 Å². The number of hydrogen-bond donors (Lipinski definition) is 1. The highest BCUT2D eigenvalue weighted by Gasteiger charge is 2.39. The minimum absolute atomic E-state index is 0.296. The number of amides is 1. The van der Waals surface area contributed by atoms with Gasteiger partial charge in [0.05, 0.1) is 0 Å². The highest BCUT2D eigenvalue weighted by molar-refractivity contribution is 5.94. The van der Waals surface area contributed by atoms with Crippen LogP contribution < -0.4 is 5.32 Å². The normalized spacial score (nSPS) is 17.2. The molecular weight excluding hydrogens is 285 g/mol. The van der Waals surface area contributed by atoms with Crippen LogP contribution in [0.2, 0.25) is 0 Å². The molecule has 1 N–H and O–H groups in total. The van der Waals surface area contributed by atoms with Gasteiger partial charge in [0.25, 0.3) is 5.91 Å². The molecule has 0 spiro atoms. The van der Waals surface area contributed by atoms with Crippen molar-refractivity contribution in [2.24, 2.45) is 0 Å². The Labute approximate surface area is 127 Å². The van der Waals surface area contributed by atoms with Crippen molar-refractivity contribution in [2.45, 2.75) is 44.6 Å². The zero-order valence-corrected chi connectivity index (χ0v) is 12.4. The molecule has 116 valence electrons. The van der Waals surface area contributed by atoms with Gasteiger partial charge in [0.15, 0.2) is 5.82 Å². The zero-order valence-electron chi connectivity index (χ0n) is 12.4. The second-order valence-electron chi connectivity index (χ2n) is 5.74. The maximum absolute atomic E-state index is 13.3. The van der Waals surface area contributed by atoms with E-state index < -0.39 is 11.4 Å². The summed E-state index contributed by atoms with van der Waals surface area (Å²) in [6, 6.07) is 5.66. The second-order valence-corrected chi connectivity index (χ2v) is 5.74. The van der Waals surface area contributed by atoms with E-state index in [2.05, 4.69) is 15.5 Å². The number of aryl methyl sites for hydroxylation is 1. The van der Waals surface area contributed by atoms with Gasteiger partial charge in [0.2, 0.25) is 5.89 Å². The Balaban J connectivity index is 1.89. The van der Waals surface area contributed by atoms with Gasteiger partial charge in [-0.25, -0.2) is 4.39 Å². The molecule has 0 unspecified atom stereocenters. The van der Waals surface area contributed by atoms with E-state index >= 15 is 0 Å². The number of benzene rings is 1. The van der Waals surface area contributed by atoms with Gasteiger partial charge < -0.3 is 9.84 Å². The SMILES string of the molecule is Cc1nc(C2(NC(=O)c3cccc(F)c3)CCCCC2)no1. The fraction of sp³-hybridized carbons (Fsp3) is 0.438. The van der Waals surface area contributed by atoms with Gasteiger partial charge in [-0.15, -0.1) is 0 Å². The van der Waals surface area contributed by atoms with Gasteiger partial charge in [0, 0.05) is 12.5 Å². The van der Waals surface area contributed by atoms with E-state index in [9.17, 15) is 9.18 Å². The maximum atomic E-state index is 13.3. The number of rotatable bonds is 3. The summed E-state index contributed by atoms with van der Waals surface area (Å²) in [7, 11) is 0. The first-order valence-electron chi connectivity index (χ1n) is 7.48. The van der Waals surface area contributed by atoms with Crippen LogP contribution in [0.5, 0.6) is 0 Å². The van der Waals surface area contributed by atoms with E-state index in [1.807, 2.05) is 0 Å². The van der Waals surface area contributed by atoms with Crippen molar-refractivity contribution < 1.29 is 13.7 Å². The minimum Gasteiger partial charge on any atom is -0.340 e. The Kier molecular flexibility index (Phi) is 3.92. The lowest BCUT2D eigenvalue weighted by molar-refractivity contribution is 0.0855. The van der Waals surface area contributed by atoms with Gasteiger partial charge >= 0.3 is 0 Å². The molecule has 0 bridgehead atoms. The Bertz CT molecular complexity index is 678. The van der Waals surface area contributed by atoms with Crippen molar-refractivity contribution in [3.8, 4) is 0 Å². The average molecular weight is 303 g/mol. The lowest BCUT2D eigenvalue weighted by Gasteiger charge is -2.35. The van der Waals surface area contributed by atoms with Gasteiger partial charge in [0.1, 0.15) is 11.4 Å². The summed E-state index contributed by atoms with van der Waals surface area (Å²) in [4.78, 5) is 16.8. The maximum Gasteiger partial charge on any atom is 0.252 e. The summed E-state index contributed by atoms with van der Waals surface area (Å²) in [5, 5.41) is 7.02. The van der Waals surface area contributed by atoms with Crippen LogP contribution in [0.25, 0.3) is 0 Å². The minimum atomic E-state index is -0.626. The first-order valence-corrected chi connectivity index (χ1v) is 7.48. The molecule has 0 radical (unpaired) electrons. The third-order valence-corrected chi connectivity index (χ3v) is 4.10. The van der Waals surface area contributed by atoms with Gasteiger partial charge in [-0.05, 0) is 31.0 Å². The molecule has 1 aromatic carbocycles. The number of nitrogens with zero attached hydrogens (tertiary/aromatic N) is 2. The van der Waals surface area contributed by atoms with Crippen molar-refractivity contribution in [2.75, 3.05) is 0 Å². The third kappa shape index (κ3) is 2.86. The molecule has 1 aliphatic rings. The van der Waals surface area contributed by atoms with Crippen molar-refractivity contribution >= 4 is 5.91 Å². The molecule has 1 saturated carbocycles. The lowest BCUT2D eigenvalue weighted by atomic mass is 9.80. The number of nitrogens with one attached hydrogen (secondary N) is 1. The predicted octanol–water partition coefficient (Wildman–Crippen LogP) is 3.11. The van der Waals surface area contributed by atoms with E-state index in [0.29, 0.717) is 17.3 Å². The van der Waals surface area contributed by atoms with Crippen LogP contribution in [0.3, 0.4) is 0 Å². The third-order valence-electron chi connectivity index (χ3n) is 4.10. The largest absolute Gasteiger partial charge is 0.340 e. The summed E-state index contributed by atoms with van der Waals surface area (Å²) in [5.41, 5.74) is -0.329. The van der Waals surface area contributed by atoms with Gasteiger partial charge in [-0.2, -0.15) is 4.98 Å². The van der Waals surface area contributed by atoms with E-state index in [0.717, 1.165) is 32.1 Å².